The fourth-order valence-corrected chi connectivity index (χ4v) is 4.13. The van der Waals surface area contributed by atoms with Crippen LogP contribution in [0.3, 0.4) is 0 Å². The van der Waals surface area contributed by atoms with Crippen LogP contribution < -0.4 is 9.04 Å². The Balaban J connectivity index is 1.98. The van der Waals surface area contributed by atoms with Gasteiger partial charge >= 0.3 is 0 Å². The topological polar surface area (TPSA) is 66.9 Å². The van der Waals surface area contributed by atoms with Gasteiger partial charge in [-0.2, -0.15) is 0 Å². The highest BCUT2D eigenvalue weighted by atomic mass is 35.5. The highest BCUT2D eigenvalue weighted by Crippen LogP contribution is 2.30. The van der Waals surface area contributed by atoms with E-state index in [1.54, 1.807) is 30.1 Å². The third kappa shape index (κ3) is 6.65. The number of hydrogen-bond acceptors (Lipinski definition) is 4. The Bertz CT molecular complexity index is 946. The lowest BCUT2D eigenvalue weighted by molar-refractivity contribution is -0.130. The Hall–Kier alpha value is -2.25. The molecule has 0 N–H and O–H groups in total. The number of ether oxygens (including phenoxy) is 1. The summed E-state index contributed by atoms with van der Waals surface area (Å²) in [5.41, 5.74) is 2.66. The maximum absolute atomic E-state index is 12.4. The molecule has 0 fully saturated rings. The molecule has 6 nitrogen and oxygen atoms in total. The standard InChI is InChI=1S/C21H27ClN2O4S/c1-16-7-9-17(10-8-16)15-23(2)21(25)6-5-13-24(29(4,26)27)18-11-12-20(28-3)19(22)14-18/h7-12,14H,5-6,13,15H2,1-4H3. The number of amides is 1. The van der Waals surface area contributed by atoms with Gasteiger partial charge in [0.15, 0.2) is 0 Å². The summed E-state index contributed by atoms with van der Waals surface area (Å²) in [7, 11) is -0.272. The van der Waals surface area contributed by atoms with Gasteiger partial charge in [-0.1, -0.05) is 41.4 Å². The lowest BCUT2D eigenvalue weighted by atomic mass is 10.1. The van der Waals surface area contributed by atoms with Crippen molar-refractivity contribution in [2.75, 3.05) is 31.3 Å². The lowest BCUT2D eigenvalue weighted by Crippen LogP contribution is -2.32. The number of carbonyl (C=O) groups excluding carboxylic acids is 1. The van der Waals surface area contributed by atoms with Gasteiger partial charge in [-0.05, 0) is 37.1 Å². The third-order valence-corrected chi connectivity index (χ3v) is 6.03. The van der Waals surface area contributed by atoms with Gasteiger partial charge in [0.25, 0.3) is 0 Å². The molecule has 1 amide bonds. The molecule has 29 heavy (non-hydrogen) atoms. The van der Waals surface area contributed by atoms with Crippen molar-refractivity contribution in [3.63, 3.8) is 0 Å². The van der Waals surface area contributed by atoms with Crippen molar-refractivity contribution in [3.8, 4) is 5.75 Å². The molecule has 0 bridgehead atoms. The van der Waals surface area contributed by atoms with Crippen LogP contribution in [0.15, 0.2) is 42.5 Å². The van der Waals surface area contributed by atoms with Crippen LogP contribution in [-0.4, -0.2) is 46.2 Å². The molecule has 8 heteroatoms. The monoisotopic (exact) mass is 438 g/mol. The Morgan fingerprint density at radius 1 is 1.14 bits per heavy atom. The van der Waals surface area contributed by atoms with E-state index in [0.29, 0.717) is 29.4 Å². The molecule has 2 aromatic rings. The first kappa shape index (κ1) is 23.0. The highest BCUT2D eigenvalue weighted by Gasteiger charge is 2.19. The smallest absolute Gasteiger partial charge is 0.232 e. The number of halogens is 1. The maximum atomic E-state index is 12.4. The number of rotatable bonds is 9. The van der Waals surface area contributed by atoms with Crippen molar-refractivity contribution in [3.05, 3.63) is 58.6 Å². The Morgan fingerprint density at radius 3 is 2.34 bits per heavy atom. The second-order valence-electron chi connectivity index (χ2n) is 6.99. The van der Waals surface area contributed by atoms with Gasteiger partial charge in [0, 0.05) is 26.6 Å². The molecule has 0 radical (unpaired) electrons. The zero-order valence-electron chi connectivity index (χ0n) is 17.2. The average molecular weight is 439 g/mol. The van der Waals surface area contributed by atoms with E-state index in [4.69, 9.17) is 16.3 Å². The van der Waals surface area contributed by atoms with Crippen LogP contribution >= 0.6 is 11.6 Å². The summed E-state index contributed by atoms with van der Waals surface area (Å²) in [6, 6.07) is 12.8. The van der Waals surface area contributed by atoms with E-state index in [1.165, 1.54) is 17.0 Å². The first-order chi connectivity index (χ1) is 13.6. The Labute approximate surface area is 178 Å². The van der Waals surface area contributed by atoms with Gasteiger partial charge in [-0.3, -0.25) is 9.10 Å². The zero-order chi connectivity index (χ0) is 21.6. The first-order valence-corrected chi connectivity index (χ1v) is 11.4. The number of carbonyl (C=O) groups is 1. The summed E-state index contributed by atoms with van der Waals surface area (Å²) in [6.07, 6.45) is 1.78. The molecule has 0 saturated heterocycles. The minimum atomic E-state index is -3.52. The maximum Gasteiger partial charge on any atom is 0.232 e. The van der Waals surface area contributed by atoms with Crippen molar-refractivity contribution < 1.29 is 17.9 Å². The van der Waals surface area contributed by atoms with E-state index < -0.39 is 10.0 Å². The second kappa shape index (κ2) is 9.98. The van der Waals surface area contributed by atoms with Crippen LogP contribution in [0.2, 0.25) is 5.02 Å². The zero-order valence-corrected chi connectivity index (χ0v) is 18.8. The van der Waals surface area contributed by atoms with Gasteiger partial charge in [-0.25, -0.2) is 8.42 Å². The molecular weight excluding hydrogens is 412 g/mol. The van der Waals surface area contributed by atoms with E-state index in [9.17, 15) is 13.2 Å². The SMILES string of the molecule is COc1ccc(N(CCCC(=O)N(C)Cc2ccc(C)cc2)S(C)(=O)=O)cc1Cl. The molecule has 2 aromatic carbocycles. The minimum absolute atomic E-state index is 0.0354. The fraction of sp³-hybridized carbons (Fsp3) is 0.381. The highest BCUT2D eigenvalue weighted by molar-refractivity contribution is 7.92. The molecule has 0 aliphatic rings. The molecule has 0 unspecified atom stereocenters. The fourth-order valence-electron chi connectivity index (χ4n) is 2.92. The lowest BCUT2D eigenvalue weighted by Gasteiger charge is -2.23. The van der Waals surface area contributed by atoms with E-state index in [1.807, 2.05) is 31.2 Å². The molecule has 0 saturated carbocycles. The minimum Gasteiger partial charge on any atom is -0.495 e. The van der Waals surface area contributed by atoms with Crippen LogP contribution in [-0.2, 0) is 21.4 Å². The average Bonchev–Trinajstić information content (AvgIpc) is 2.65. The molecule has 0 aliphatic heterocycles. The van der Waals surface area contributed by atoms with Crippen LogP contribution in [0.5, 0.6) is 5.75 Å². The third-order valence-electron chi connectivity index (χ3n) is 4.54. The summed E-state index contributed by atoms with van der Waals surface area (Å²) in [4.78, 5) is 14.1. The van der Waals surface area contributed by atoms with Gasteiger partial charge < -0.3 is 9.64 Å². The van der Waals surface area contributed by atoms with E-state index in [0.717, 1.165) is 11.8 Å². The van der Waals surface area contributed by atoms with E-state index >= 15 is 0 Å². The summed E-state index contributed by atoms with van der Waals surface area (Å²) in [5.74, 6) is 0.434. The Kier molecular flexibility index (Phi) is 7.93. The second-order valence-corrected chi connectivity index (χ2v) is 9.31. The molecule has 158 valence electrons. The van der Waals surface area contributed by atoms with Crippen molar-refractivity contribution >= 4 is 33.2 Å². The summed E-state index contributed by atoms with van der Waals surface area (Å²) >= 11 is 6.13. The number of aryl methyl sites for hydroxylation is 1. The van der Waals surface area contributed by atoms with Crippen molar-refractivity contribution in [2.45, 2.75) is 26.3 Å². The quantitative estimate of drug-likeness (QED) is 0.596. The van der Waals surface area contributed by atoms with Crippen molar-refractivity contribution in [2.24, 2.45) is 0 Å². The van der Waals surface area contributed by atoms with Crippen LogP contribution in [0.25, 0.3) is 0 Å². The largest absolute Gasteiger partial charge is 0.495 e. The number of hydrogen-bond donors (Lipinski definition) is 0. The number of benzene rings is 2. The molecule has 2 rings (SSSR count). The van der Waals surface area contributed by atoms with Crippen LogP contribution in [0, 0.1) is 6.92 Å². The van der Waals surface area contributed by atoms with Crippen molar-refractivity contribution in [1.29, 1.82) is 0 Å². The van der Waals surface area contributed by atoms with Gasteiger partial charge in [-0.15, -0.1) is 0 Å². The molecule has 0 heterocycles. The normalized spacial score (nSPS) is 11.2. The summed E-state index contributed by atoms with van der Waals surface area (Å²) < 4.78 is 30.8. The molecular formula is C21H27ClN2O4S. The number of sulfonamides is 1. The molecule has 0 aliphatic carbocycles. The molecule has 0 atom stereocenters. The Morgan fingerprint density at radius 2 is 1.79 bits per heavy atom. The van der Waals surface area contributed by atoms with Crippen LogP contribution in [0.4, 0.5) is 5.69 Å². The van der Waals surface area contributed by atoms with Gasteiger partial charge in [0.05, 0.1) is 24.1 Å². The van der Waals surface area contributed by atoms with Crippen molar-refractivity contribution in [1.82, 2.24) is 4.90 Å². The number of anilines is 1. The summed E-state index contributed by atoms with van der Waals surface area (Å²) in [5, 5.41) is 0.326. The number of methoxy groups -OCH3 is 1. The van der Waals surface area contributed by atoms with E-state index in [-0.39, 0.29) is 18.9 Å². The molecule has 0 spiro atoms. The first-order valence-electron chi connectivity index (χ1n) is 9.22. The molecule has 0 aromatic heterocycles. The predicted molar refractivity (Wildman–Crippen MR) is 117 cm³/mol. The summed E-state index contributed by atoms with van der Waals surface area (Å²) in [6.45, 7) is 2.72. The van der Waals surface area contributed by atoms with Gasteiger partial charge in [0.1, 0.15) is 5.75 Å². The number of nitrogens with zero attached hydrogens (tertiary/aromatic N) is 2. The van der Waals surface area contributed by atoms with Gasteiger partial charge in [0.2, 0.25) is 15.9 Å². The predicted octanol–water partition coefficient (Wildman–Crippen LogP) is 3.86. The van der Waals surface area contributed by atoms with E-state index in [2.05, 4.69) is 0 Å². The van der Waals surface area contributed by atoms with Crippen LogP contribution in [0.1, 0.15) is 24.0 Å².